The summed E-state index contributed by atoms with van der Waals surface area (Å²) in [6.07, 6.45) is 0.392. The molecule has 8 heteroatoms. The monoisotopic (exact) mass is 514 g/mol. The highest BCUT2D eigenvalue weighted by molar-refractivity contribution is 7.91. The number of halogens is 3. The third-order valence-corrected chi connectivity index (χ3v) is 7.01. The first-order valence-electron chi connectivity index (χ1n) is 11.2. The Kier molecular flexibility index (Phi) is 8.26. The van der Waals surface area contributed by atoms with E-state index in [1.54, 1.807) is 57.2 Å². The van der Waals surface area contributed by atoms with Crippen LogP contribution in [0.25, 0.3) is 0 Å². The van der Waals surface area contributed by atoms with Crippen molar-refractivity contribution in [2.24, 2.45) is 0 Å². The fraction of sp³-hybridized carbons (Fsp3) is 0.250. The second kappa shape index (κ2) is 11.0. The number of hydrogen-bond donors (Lipinski definition) is 0. The van der Waals surface area contributed by atoms with Gasteiger partial charge in [-0.1, -0.05) is 43.0 Å². The van der Waals surface area contributed by atoms with Gasteiger partial charge < -0.3 is 4.74 Å². The molecule has 0 saturated heterocycles. The highest BCUT2D eigenvalue weighted by Gasteiger charge is 2.19. The molecular formula is C28H25F3O4S. The van der Waals surface area contributed by atoms with E-state index in [1.165, 1.54) is 12.1 Å². The van der Waals surface area contributed by atoms with E-state index in [9.17, 15) is 26.4 Å². The maximum Gasteiger partial charge on any atom is 0.194 e. The predicted octanol–water partition coefficient (Wildman–Crippen LogP) is 5.46. The van der Waals surface area contributed by atoms with Crippen molar-refractivity contribution in [3.8, 4) is 17.6 Å². The number of ketones is 1. The number of rotatable bonds is 8. The molecule has 0 bridgehead atoms. The molecule has 0 spiro atoms. The Morgan fingerprint density at radius 2 is 1.39 bits per heavy atom. The molecule has 0 aromatic heterocycles. The van der Waals surface area contributed by atoms with Gasteiger partial charge in [0.1, 0.15) is 11.5 Å². The summed E-state index contributed by atoms with van der Waals surface area (Å²) in [5, 5.41) is 0. The van der Waals surface area contributed by atoms with Crippen molar-refractivity contribution in [3.05, 3.63) is 94.8 Å². The van der Waals surface area contributed by atoms with Crippen molar-refractivity contribution < 1.29 is 31.1 Å². The third kappa shape index (κ3) is 7.22. The third-order valence-electron chi connectivity index (χ3n) is 5.26. The fourth-order valence-corrected chi connectivity index (χ4v) is 4.22. The Morgan fingerprint density at radius 1 is 0.889 bits per heavy atom. The van der Waals surface area contributed by atoms with Gasteiger partial charge in [0.05, 0.1) is 10.6 Å². The van der Waals surface area contributed by atoms with Crippen molar-refractivity contribution in [1.82, 2.24) is 0 Å². The summed E-state index contributed by atoms with van der Waals surface area (Å²) in [6.45, 7) is 4.80. The lowest BCUT2D eigenvalue weighted by molar-refractivity contribution is -0.117. The van der Waals surface area contributed by atoms with Crippen LogP contribution in [0.2, 0.25) is 0 Å². The number of sulfone groups is 1. The average Bonchev–Trinajstić information content (AvgIpc) is 2.82. The Bertz CT molecular complexity index is 1390. The van der Waals surface area contributed by atoms with Gasteiger partial charge in [0, 0.05) is 30.5 Å². The van der Waals surface area contributed by atoms with Crippen molar-refractivity contribution in [3.63, 3.8) is 0 Å². The van der Waals surface area contributed by atoms with Crippen LogP contribution in [0.4, 0.5) is 13.2 Å². The zero-order valence-electron chi connectivity index (χ0n) is 20.1. The van der Waals surface area contributed by atoms with E-state index < -0.39 is 32.9 Å². The standard InChI is InChI=1S/C28H25F3O4S/c1-4-36(33,34)24-11-9-21(10-12-24)16-22(32)15-20-7-5-19(6-8-20)13-14-28(2,3)35-23-17-25(29)27(31)26(30)18-23/h5-12,17-18H,4,15-16H2,1-3H3. The van der Waals surface area contributed by atoms with Crippen LogP contribution in [0, 0.1) is 29.3 Å². The first-order valence-corrected chi connectivity index (χ1v) is 12.8. The predicted molar refractivity (Wildman–Crippen MR) is 131 cm³/mol. The van der Waals surface area contributed by atoms with E-state index in [0.29, 0.717) is 5.56 Å². The molecule has 0 amide bonds. The van der Waals surface area contributed by atoms with Gasteiger partial charge in [0.15, 0.2) is 32.9 Å². The van der Waals surface area contributed by atoms with Gasteiger partial charge in [-0.25, -0.2) is 21.6 Å². The lowest BCUT2D eigenvalue weighted by Gasteiger charge is -2.20. The van der Waals surface area contributed by atoms with Crippen LogP contribution in [-0.4, -0.2) is 25.6 Å². The van der Waals surface area contributed by atoms with Crippen LogP contribution >= 0.6 is 0 Å². The van der Waals surface area contributed by atoms with E-state index in [1.807, 2.05) is 0 Å². The quantitative estimate of drug-likeness (QED) is 0.296. The lowest BCUT2D eigenvalue weighted by atomic mass is 10.0. The Labute approximate surface area is 209 Å². The molecule has 0 aliphatic rings. The van der Waals surface area contributed by atoms with Gasteiger partial charge in [0.2, 0.25) is 0 Å². The smallest absolute Gasteiger partial charge is 0.194 e. The highest BCUT2D eigenvalue weighted by atomic mass is 32.2. The molecule has 0 radical (unpaired) electrons. The number of Topliss-reactive ketones (excluding diaryl/α,β-unsaturated/α-hetero) is 1. The molecular weight excluding hydrogens is 489 g/mol. The van der Waals surface area contributed by atoms with Crippen molar-refractivity contribution in [1.29, 1.82) is 0 Å². The number of carbonyl (C=O) groups is 1. The largest absolute Gasteiger partial charge is 0.475 e. The van der Waals surface area contributed by atoms with Gasteiger partial charge in [-0.15, -0.1) is 0 Å². The minimum atomic E-state index is -3.28. The second-order valence-electron chi connectivity index (χ2n) is 8.70. The lowest BCUT2D eigenvalue weighted by Crippen LogP contribution is -2.26. The number of ether oxygens (including phenoxy) is 1. The molecule has 0 heterocycles. The van der Waals surface area contributed by atoms with Crippen LogP contribution in [0.1, 0.15) is 37.5 Å². The summed E-state index contributed by atoms with van der Waals surface area (Å²) >= 11 is 0. The fourth-order valence-electron chi connectivity index (χ4n) is 3.34. The molecule has 0 fully saturated rings. The summed E-state index contributed by atoms with van der Waals surface area (Å²) in [7, 11) is -3.28. The molecule has 0 atom stereocenters. The highest BCUT2D eigenvalue weighted by Crippen LogP contribution is 2.23. The van der Waals surface area contributed by atoms with Crippen molar-refractivity contribution in [2.45, 2.75) is 44.1 Å². The van der Waals surface area contributed by atoms with Gasteiger partial charge in [-0.3, -0.25) is 4.79 Å². The van der Waals surface area contributed by atoms with Crippen LogP contribution in [0.5, 0.6) is 5.75 Å². The van der Waals surface area contributed by atoms with Gasteiger partial charge >= 0.3 is 0 Å². The number of hydrogen-bond acceptors (Lipinski definition) is 4. The summed E-state index contributed by atoms with van der Waals surface area (Å²) in [6, 6.07) is 14.9. The van der Waals surface area contributed by atoms with Gasteiger partial charge in [-0.2, -0.15) is 0 Å². The van der Waals surface area contributed by atoms with Crippen LogP contribution in [0.3, 0.4) is 0 Å². The maximum absolute atomic E-state index is 13.4. The van der Waals surface area contributed by atoms with Crippen molar-refractivity contribution in [2.75, 3.05) is 5.75 Å². The van der Waals surface area contributed by atoms with Crippen molar-refractivity contribution >= 4 is 15.6 Å². The van der Waals surface area contributed by atoms with E-state index in [2.05, 4.69) is 11.8 Å². The SMILES string of the molecule is CCS(=O)(=O)c1ccc(CC(=O)Cc2ccc(C#CC(C)(C)Oc3cc(F)c(F)c(F)c3)cc2)cc1. The first-order chi connectivity index (χ1) is 16.9. The Balaban J connectivity index is 1.60. The summed E-state index contributed by atoms with van der Waals surface area (Å²) in [4.78, 5) is 12.7. The van der Waals surface area contributed by atoms with Gasteiger partial charge in [0.25, 0.3) is 0 Å². The molecule has 3 rings (SSSR count). The van der Waals surface area contributed by atoms with Gasteiger partial charge in [-0.05, 0) is 49.2 Å². The van der Waals surface area contributed by atoms with Crippen LogP contribution in [-0.2, 0) is 27.5 Å². The topological polar surface area (TPSA) is 60.4 Å². The molecule has 4 nitrogen and oxygen atoms in total. The number of carbonyl (C=O) groups excluding carboxylic acids is 1. The van der Waals surface area contributed by atoms with E-state index in [0.717, 1.165) is 23.3 Å². The Hall–Kier alpha value is -3.57. The normalized spacial score (nSPS) is 11.5. The maximum atomic E-state index is 13.4. The summed E-state index contributed by atoms with van der Waals surface area (Å²) < 4.78 is 69.3. The van der Waals surface area contributed by atoms with E-state index >= 15 is 0 Å². The summed E-state index contributed by atoms with van der Waals surface area (Å²) in [5.74, 6) is 1.35. The molecule has 0 unspecified atom stereocenters. The first kappa shape index (κ1) is 27.0. The second-order valence-corrected chi connectivity index (χ2v) is 11.0. The zero-order chi connectivity index (χ0) is 26.5. The van der Waals surface area contributed by atoms with Crippen LogP contribution < -0.4 is 4.74 Å². The Morgan fingerprint density at radius 3 is 1.89 bits per heavy atom. The van der Waals surface area contributed by atoms with E-state index in [-0.39, 0.29) is 35.0 Å². The summed E-state index contributed by atoms with van der Waals surface area (Å²) in [5.41, 5.74) is 1.06. The molecule has 0 aliphatic carbocycles. The van der Waals surface area contributed by atoms with E-state index in [4.69, 9.17) is 4.74 Å². The molecule has 0 saturated carbocycles. The minimum Gasteiger partial charge on any atom is -0.475 e. The molecule has 3 aromatic rings. The number of benzene rings is 3. The molecule has 0 N–H and O–H groups in total. The van der Waals surface area contributed by atoms with Crippen LogP contribution in [0.15, 0.2) is 65.6 Å². The minimum absolute atomic E-state index is 0.0182. The molecule has 188 valence electrons. The molecule has 36 heavy (non-hydrogen) atoms. The zero-order valence-corrected chi connectivity index (χ0v) is 20.9. The average molecular weight is 515 g/mol. The molecule has 3 aromatic carbocycles. The molecule has 0 aliphatic heterocycles.